The molecule has 2 atom stereocenters. The summed E-state index contributed by atoms with van der Waals surface area (Å²) in [6.07, 6.45) is 5.44. The minimum Gasteiger partial charge on any atom is -0.311 e. The number of H-pyrrole nitrogens is 1. The van der Waals surface area contributed by atoms with Gasteiger partial charge < -0.3 is 5.32 Å². The summed E-state index contributed by atoms with van der Waals surface area (Å²) in [6, 6.07) is 1.16. The molecule has 0 saturated heterocycles. The van der Waals surface area contributed by atoms with E-state index in [1.807, 2.05) is 6.20 Å². The van der Waals surface area contributed by atoms with Crippen molar-refractivity contribution in [3.8, 4) is 0 Å². The Labute approximate surface area is 98.0 Å². The fourth-order valence-electron chi connectivity index (χ4n) is 2.16. The first-order valence-corrected chi connectivity index (χ1v) is 6.24. The van der Waals surface area contributed by atoms with Crippen molar-refractivity contribution in [1.82, 2.24) is 15.5 Å². The third-order valence-corrected chi connectivity index (χ3v) is 3.80. The van der Waals surface area contributed by atoms with Crippen LogP contribution in [0.15, 0.2) is 6.20 Å². The molecule has 0 aromatic carbocycles. The van der Waals surface area contributed by atoms with Gasteiger partial charge in [-0.05, 0) is 37.2 Å². The number of hydrogen-bond donors (Lipinski definition) is 2. The van der Waals surface area contributed by atoms with E-state index >= 15 is 0 Å². The summed E-state index contributed by atoms with van der Waals surface area (Å²) in [7, 11) is 0. The van der Waals surface area contributed by atoms with Crippen molar-refractivity contribution in [2.75, 3.05) is 0 Å². The van der Waals surface area contributed by atoms with Crippen molar-refractivity contribution >= 4 is 0 Å². The van der Waals surface area contributed by atoms with Crippen molar-refractivity contribution in [3.05, 3.63) is 17.5 Å². The largest absolute Gasteiger partial charge is 0.311 e. The lowest BCUT2D eigenvalue weighted by atomic mass is 9.85. The average Bonchev–Trinajstić information content (AvgIpc) is 2.63. The minimum absolute atomic E-state index is 0.330. The average molecular weight is 221 g/mol. The Hall–Kier alpha value is -0.830. The van der Waals surface area contributed by atoms with Crippen LogP contribution < -0.4 is 5.32 Å². The van der Waals surface area contributed by atoms with Crippen LogP contribution in [0.4, 0.5) is 0 Å². The molecule has 3 heteroatoms. The zero-order valence-corrected chi connectivity index (χ0v) is 10.8. The molecule has 1 aromatic heterocycles. The molecule has 0 amide bonds. The van der Waals surface area contributed by atoms with Gasteiger partial charge in [-0.15, -0.1) is 0 Å². The van der Waals surface area contributed by atoms with Crippen molar-refractivity contribution in [3.63, 3.8) is 0 Å². The first-order valence-electron chi connectivity index (χ1n) is 6.24. The van der Waals surface area contributed by atoms with E-state index in [0.29, 0.717) is 17.5 Å². The Kier molecular flexibility index (Phi) is 3.06. The lowest BCUT2D eigenvalue weighted by Gasteiger charge is -2.33. The maximum atomic E-state index is 4.11. The molecule has 1 heterocycles. The highest BCUT2D eigenvalue weighted by Gasteiger charge is 2.25. The highest BCUT2D eigenvalue weighted by Crippen LogP contribution is 2.23. The highest BCUT2D eigenvalue weighted by atomic mass is 15.1. The minimum atomic E-state index is 0.330. The van der Waals surface area contributed by atoms with Gasteiger partial charge in [-0.3, -0.25) is 5.10 Å². The van der Waals surface area contributed by atoms with Crippen LogP contribution in [0, 0.1) is 5.41 Å². The van der Waals surface area contributed by atoms with Gasteiger partial charge in [0, 0.05) is 17.8 Å². The first kappa shape index (κ1) is 11.6. The van der Waals surface area contributed by atoms with Gasteiger partial charge in [-0.25, -0.2) is 0 Å². The topological polar surface area (TPSA) is 40.7 Å². The zero-order chi connectivity index (χ0) is 11.8. The molecule has 1 aromatic rings. The quantitative estimate of drug-likeness (QED) is 0.804. The van der Waals surface area contributed by atoms with Crippen molar-refractivity contribution in [2.45, 2.75) is 59.0 Å². The molecule has 0 saturated carbocycles. The number of aromatic amines is 1. The molecule has 3 nitrogen and oxygen atoms in total. The Balaban J connectivity index is 1.95. The predicted octanol–water partition coefficient (Wildman–Crippen LogP) is 2.29. The summed E-state index contributed by atoms with van der Waals surface area (Å²) in [5.41, 5.74) is 3.06. The summed E-state index contributed by atoms with van der Waals surface area (Å²) in [5, 5.41) is 10.9. The monoisotopic (exact) mass is 221 g/mol. The lowest BCUT2D eigenvalue weighted by molar-refractivity contribution is 0.253. The van der Waals surface area contributed by atoms with Gasteiger partial charge in [0.1, 0.15) is 0 Å². The molecule has 1 aliphatic carbocycles. The summed E-state index contributed by atoms with van der Waals surface area (Å²) in [4.78, 5) is 0. The maximum absolute atomic E-state index is 4.11. The van der Waals surface area contributed by atoms with E-state index in [0.717, 1.165) is 12.8 Å². The highest BCUT2D eigenvalue weighted by molar-refractivity contribution is 5.21. The number of rotatable bonds is 2. The molecule has 2 N–H and O–H groups in total. The van der Waals surface area contributed by atoms with E-state index in [2.05, 4.69) is 43.2 Å². The van der Waals surface area contributed by atoms with Crippen molar-refractivity contribution < 1.29 is 0 Å². The van der Waals surface area contributed by atoms with Crippen LogP contribution >= 0.6 is 0 Å². The molecule has 90 valence electrons. The number of aromatic nitrogens is 2. The van der Waals surface area contributed by atoms with E-state index in [-0.39, 0.29) is 0 Å². The Morgan fingerprint density at radius 1 is 1.50 bits per heavy atom. The van der Waals surface area contributed by atoms with E-state index in [4.69, 9.17) is 0 Å². The number of fused-ring (bicyclic) bond motifs is 1. The summed E-state index contributed by atoms with van der Waals surface area (Å²) in [5.74, 6) is 0. The van der Waals surface area contributed by atoms with Crippen LogP contribution in [-0.4, -0.2) is 22.3 Å². The van der Waals surface area contributed by atoms with Gasteiger partial charge in [-0.2, -0.15) is 5.10 Å². The molecule has 0 spiro atoms. The van der Waals surface area contributed by atoms with Crippen LogP contribution in [0.25, 0.3) is 0 Å². The van der Waals surface area contributed by atoms with Crippen LogP contribution in [0.5, 0.6) is 0 Å². The van der Waals surface area contributed by atoms with Crippen LogP contribution in [0.3, 0.4) is 0 Å². The number of nitrogens with one attached hydrogen (secondary N) is 2. The summed E-state index contributed by atoms with van der Waals surface area (Å²) >= 11 is 0. The van der Waals surface area contributed by atoms with Gasteiger partial charge in [0.25, 0.3) is 0 Å². The van der Waals surface area contributed by atoms with E-state index in [1.165, 1.54) is 17.7 Å². The van der Waals surface area contributed by atoms with Gasteiger partial charge >= 0.3 is 0 Å². The molecule has 16 heavy (non-hydrogen) atoms. The van der Waals surface area contributed by atoms with E-state index in [1.54, 1.807) is 0 Å². The van der Waals surface area contributed by atoms with Gasteiger partial charge in [0.05, 0.1) is 6.20 Å². The molecule has 1 aliphatic rings. The normalized spacial score (nSPS) is 22.9. The van der Waals surface area contributed by atoms with Gasteiger partial charge in [0.15, 0.2) is 0 Å². The molecular weight excluding hydrogens is 198 g/mol. The molecule has 2 unspecified atom stereocenters. The fraction of sp³-hybridized carbons (Fsp3) is 0.769. The summed E-state index contributed by atoms with van der Waals surface area (Å²) < 4.78 is 0. The lowest BCUT2D eigenvalue weighted by Crippen LogP contribution is -2.46. The molecule has 0 radical (unpaired) electrons. The molecule has 2 rings (SSSR count). The Bertz CT molecular complexity index is 348. The summed E-state index contributed by atoms with van der Waals surface area (Å²) in [6.45, 7) is 9.15. The molecular formula is C13H23N3. The number of nitrogens with zero attached hydrogens (tertiary/aromatic N) is 1. The maximum Gasteiger partial charge on any atom is 0.0522 e. The van der Waals surface area contributed by atoms with Crippen molar-refractivity contribution in [1.29, 1.82) is 0 Å². The second-order valence-corrected chi connectivity index (χ2v) is 6.07. The van der Waals surface area contributed by atoms with Crippen LogP contribution in [0.1, 0.15) is 45.4 Å². The first-order chi connectivity index (χ1) is 7.47. The molecule has 0 bridgehead atoms. The predicted molar refractivity (Wildman–Crippen MR) is 66.5 cm³/mol. The van der Waals surface area contributed by atoms with Crippen LogP contribution in [-0.2, 0) is 12.8 Å². The second-order valence-electron chi connectivity index (χ2n) is 6.07. The van der Waals surface area contributed by atoms with Crippen LogP contribution in [0.2, 0.25) is 0 Å². The van der Waals surface area contributed by atoms with E-state index < -0.39 is 0 Å². The SMILES string of the molecule is CC(NC1CCc2[nH]ncc2C1)C(C)(C)C. The third kappa shape index (κ3) is 2.46. The van der Waals surface area contributed by atoms with Crippen molar-refractivity contribution in [2.24, 2.45) is 5.41 Å². The van der Waals surface area contributed by atoms with Gasteiger partial charge in [0.2, 0.25) is 0 Å². The fourth-order valence-corrected chi connectivity index (χ4v) is 2.16. The Morgan fingerprint density at radius 3 is 2.94 bits per heavy atom. The van der Waals surface area contributed by atoms with Gasteiger partial charge in [-0.1, -0.05) is 20.8 Å². The molecule has 0 aliphatic heterocycles. The smallest absolute Gasteiger partial charge is 0.0522 e. The molecule has 0 fully saturated rings. The Morgan fingerprint density at radius 2 is 2.25 bits per heavy atom. The zero-order valence-electron chi connectivity index (χ0n) is 10.8. The number of hydrogen-bond acceptors (Lipinski definition) is 2. The van der Waals surface area contributed by atoms with E-state index in [9.17, 15) is 0 Å². The third-order valence-electron chi connectivity index (χ3n) is 3.80. The standard InChI is InChI=1S/C13H23N3/c1-9(13(2,3)4)15-11-5-6-12-10(7-11)8-14-16-12/h8-9,11,15H,5-7H2,1-4H3,(H,14,16). The second kappa shape index (κ2) is 4.21. The number of aryl methyl sites for hydroxylation is 1.